The molecule has 4 rings (SSSR count). The topological polar surface area (TPSA) is 138 Å². The fourth-order valence-electron chi connectivity index (χ4n) is 3.10. The van der Waals surface area contributed by atoms with Crippen molar-refractivity contribution in [2.45, 2.75) is 90.8 Å². The van der Waals surface area contributed by atoms with E-state index in [0.717, 1.165) is 9.36 Å². The molecule has 17 heteroatoms. The number of nitrogens with one attached hydrogen (secondary N) is 1. The summed E-state index contributed by atoms with van der Waals surface area (Å²) in [5.74, 6) is -0.0311. The number of aliphatic hydroxyl groups excluding tert-OH is 1. The SMILES string of the molecule is CC(C)(C)OC(=O)n1ccc(=O)[nH]1.CC(C)(C)OC(=O)n1ccc(OCC2(C(F)(F)F)CC2)n1.OCC1(C(F)(F)F)CC1. The molecule has 2 aliphatic carbocycles. The van der Waals surface area contributed by atoms with Crippen molar-refractivity contribution in [2.75, 3.05) is 13.2 Å². The van der Waals surface area contributed by atoms with Crippen molar-refractivity contribution < 1.29 is 55.2 Å². The number of aliphatic hydroxyl groups is 1. The number of alkyl halides is 6. The number of rotatable bonds is 4. The molecule has 0 aliphatic heterocycles. The maximum atomic E-state index is 12.7. The van der Waals surface area contributed by atoms with Gasteiger partial charge < -0.3 is 19.3 Å². The molecule has 0 unspecified atom stereocenters. The van der Waals surface area contributed by atoms with E-state index in [9.17, 15) is 40.7 Å². The maximum absolute atomic E-state index is 12.7. The van der Waals surface area contributed by atoms with Crippen LogP contribution in [0.5, 0.6) is 5.88 Å². The van der Waals surface area contributed by atoms with Crippen LogP contribution in [-0.4, -0.2) is 73.6 Å². The molecule has 2 N–H and O–H groups in total. The van der Waals surface area contributed by atoms with Crippen molar-refractivity contribution in [3.05, 3.63) is 34.9 Å². The fourth-order valence-corrected chi connectivity index (χ4v) is 3.10. The van der Waals surface area contributed by atoms with Gasteiger partial charge in [0.2, 0.25) is 5.88 Å². The Balaban J connectivity index is 0.000000249. The Labute approximate surface area is 243 Å². The van der Waals surface area contributed by atoms with Gasteiger partial charge in [0.1, 0.15) is 23.2 Å². The second-order valence-corrected chi connectivity index (χ2v) is 12.2. The van der Waals surface area contributed by atoms with Gasteiger partial charge in [-0.2, -0.15) is 35.7 Å². The molecule has 244 valence electrons. The number of hydrogen-bond acceptors (Lipinski definition) is 8. The van der Waals surface area contributed by atoms with Gasteiger partial charge in [0.05, 0.1) is 12.0 Å². The number of aromatic amines is 1. The van der Waals surface area contributed by atoms with Crippen molar-refractivity contribution in [3.63, 3.8) is 0 Å². The first-order valence-corrected chi connectivity index (χ1v) is 13.1. The Morgan fingerprint density at radius 1 is 0.860 bits per heavy atom. The number of halogens is 6. The minimum Gasteiger partial charge on any atom is -0.476 e. The summed E-state index contributed by atoms with van der Waals surface area (Å²) in [7, 11) is 0. The van der Waals surface area contributed by atoms with Gasteiger partial charge in [-0.1, -0.05) is 0 Å². The van der Waals surface area contributed by atoms with Crippen LogP contribution in [0.25, 0.3) is 0 Å². The van der Waals surface area contributed by atoms with Crippen LogP contribution in [0, 0.1) is 10.8 Å². The van der Waals surface area contributed by atoms with E-state index in [1.807, 2.05) is 0 Å². The molecule has 43 heavy (non-hydrogen) atoms. The third-order valence-corrected chi connectivity index (χ3v) is 6.05. The smallest absolute Gasteiger partial charge is 0.435 e. The minimum atomic E-state index is -4.28. The summed E-state index contributed by atoms with van der Waals surface area (Å²) < 4.78 is 90.5. The number of carbonyl (C=O) groups is 2. The molecule has 0 bridgehead atoms. The first kappa shape index (κ1) is 35.7. The highest BCUT2D eigenvalue weighted by Gasteiger charge is 2.64. The molecule has 0 spiro atoms. The van der Waals surface area contributed by atoms with Crippen molar-refractivity contribution in [3.8, 4) is 5.88 Å². The zero-order valence-electron chi connectivity index (χ0n) is 24.6. The molecule has 0 atom stereocenters. The summed E-state index contributed by atoms with van der Waals surface area (Å²) in [4.78, 5) is 33.6. The van der Waals surface area contributed by atoms with Crippen LogP contribution in [-0.2, 0) is 9.47 Å². The second-order valence-electron chi connectivity index (χ2n) is 12.2. The third-order valence-electron chi connectivity index (χ3n) is 6.05. The highest BCUT2D eigenvalue weighted by atomic mass is 19.4. The van der Waals surface area contributed by atoms with Gasteiger partial charge >= 0.3 is 24.5 Å². The van der Waals surface area contributed by atoms with E-state index in [-0.39, 0.29) is 37.1 Å². The number of H-pyrrole nitrogens is 1. The van der Waals surface area contributed by atoms with Gasteiger partial charge in [-0.15, -0.1) is 5.10 Å². The van der Waals surface area contributed by atoms with Crippen molar-refractivity contribution >= 4 is 12.2 Å². The molecular weight excluding hydrogens is 594 g/mol. The van der Waals surface area contributed by atoms with Crippen LogP contribution in [0.4, 0.5) is 35.9 Å². The van der Waals surface area contributed by atoms with Crippen LogP contribution in [0.3, 0.4) is 0 Å². The van der Waals surface area contributed by atoms with Crippen molar-refractivity contribution in [1.82, 2.24) is 19.6 Å². The molecule has 2 heterocycles. The lowest BCUT2D eigenvalue weighted by Crippen LogP contribution is -2.30. The molecule has 2 saturated carbocycles. The van der Waals surface area contributed by atoms with Crippen LogP contribution < -0.4 is 10.3 Å². The van der Waals surface area contributed by atoms with Crippen LogP contribution in [0.2, 0.25) is 0 Å². The Hall–Kier alpha value is -3.50. The van der Waals surface area contributed by atoms with E-state index >= 15 is 0 Å². The summed E-state index contributed by atoms with van der Waals surface area (Å²) in [5.41, 5.74) is -5.04. The summed E-state index contributed by atoms with van der Waals surface area (Å²) in [6.45, 7) is 9.13. The summed E-state index contributed by atoms with van der Waals surface area (Å²) in [5, 5.41) is 14.3. The predicted octanol–water partition coefficient (Wildman–Crippen LogP) is 5.67. The predicted molar refractivity (Wildman–Crippen MR) is 139 cm³/mol. The van der Waals surface area contributed by atoms with Crippen molar-refractivity contribution in [1.29, 1.82) is 0 Å². The quantitative estimate of drug-likeness (QED) is 0.413. The van der Waals surface area contributed by atoms with Crippen LogP contribution >= 0.6 is 0 Å². The minimum absolute atomic E-state index is 0.0311. The largest absolute Gasteiger partial charge is 0.476 e. The van der Waals surface area contributed by atoms with Gasteiger partial charge in [0, 0.05) is 24.5 Å². The standard InChI is InChI=1S/C13H17F3N2O3.C8H12N2O3.C5H7F3O/c1-11(2,3)21-10(19)18-7-4-9(17-18)20-8-12(5-6-12)13(14,15)16;1-8(2,3)13-7(12)10-5-4-6(11)9-10;6-5(7,8)4(3-9)1-2-4/h4,7H,5-6,8H2,1-3H3;4-5H,1-3H3,(H,9,11);9H,1-3H2. The molecule has 2 aromatic heterocycles. The number of nitrogens with zero attached hydrogens (tertiary/aromatic N) is 3. The van der Waals surface area contributed by atoms with E-state index < -0.39 is 59.8 Å². The highest BCUT2D eigenvalue weighted by Crippen LogP contribution is 2.58. The zero-order chi connectivity index (χ0) is 33.1. The first-order valence-electron chi connectivity index (χ1n) is 13.1. The second kappa shape index (κ2) is 12.6. The Kier molecular flexibility index (Phi) is 10.5. The van der Waals surface area contributed by atoms with E-state index in [1.165, 1.54) is 24.5 Å². The van der Waals surface area contributed by atoms with Crippen molar-refractivity contribution in [2.24, 2.45) is 10.8 Å². The molecule has 0 saturated heterocycles. The van der Waals surface area contributed by atoms with Gasteiger partial charge in [-0.05, 0) is 67.2 Å². The maximum Gasteiger partial charge on any atom is 0.435 e. The summed E-state index contributed by atoms with van der Waals surface area (Å²) in [6, 6.07) is 2.58. The van der Waals surface area contributed by atoms with E-state index in [2.05, 4.69) is 10.2 Å². The lowest BCUT2D eigenvalue weighted by Gasteiger charge is -2.19. The Bertz CT molecular complexity index is 1290. The molecule has 11 nitrogen and oxygen atoms in total. The third kappa shape index (κ3) is 10.6. The fraction of sp³-hybridized carbons (Fsp3) is 0.692. The normalized spacial score (nSPS) is 17.0. The molecule has 2 aliphatic rings. The molecule has 0 radical (unpaired) electrons. The molecular formula is C26H36F6N4O7. The Morgan fingerprint density at radius 2 is 1.35 bits per heavy atom. The van der Waals surface area contributed by atoms with Crippen LogP contribution in [0.15, 0.2) is 29.3 Å². The van der Waals surface area contributed by atoms with Gasteiger partial charge in [-0.25, -0.2) is 9.59 Å². The lowest BCUT2D eigenvalue weighted by atomic mass is 10.1. The Morgan fingerprint density at radius 3 is 1.70 bits per heavy atom. The molecule has 2 aromatic rings. The monoisotopic (exact) mass is 630 g/mol. The number of aromatic nitrogens is 4. The first-order chi connectivity index (χ1) is 19.4. The zero-order valence-corrected chi connectivity index (χ0v) is 24.6. The molecule has 2 fully saturated rings. The average molecular weight is 631 g/mol. The average Bonchev–Trinajstić information content (AvgIpc) is 3.72. The number of hydrogen-bond donors (Lipinski definition) is 2. The lowest BCUT2D eigenvalue weighted by molar-refractivity contribution is -0.196. The van der Waals surface area contributed by atoms with Crippen LogP contribution in [0.1, 0.15) is 67.2 Å². The highest BCUT2D eigenvalue weighted by molar-refractivity contribution is 5.70. The molecule has 0 aromatic carbocycles. The summed E-state index contributed by atoms with van der Waals surface area (Å²) >= 11 is 0. The number of ether oxygens (including phenoxy) is 3. The van der Waals surface area contributed by atoms with E-state index in [1.54, 1.807) is 41.5 Å². The van der Waals surface area contributed by atoms with Gasteiger partial charge in [0.15, 0.2) is 0 Å². The van der Waals surface area contributed by atoms with E-state index in [4.69, 9.17) is 19.3 Å². The van der Waals surface area contributed by atoms with E-state index in [0.29, 0.717) is 0 Å². The van der Waals surface area contributed by atoms with Gasteiger partial charge in [0.25, 0.3) is 5.56 Å². The van der Waals surface area contributed by atoms with Gasteiger partial charge in [-0.3, -0.25) is 9.89 Å². The summed E-state index contributed by atoms with van der Waals surface area (Å²) in [6.07, 6.45) is -6.86. The number of carbonyl (C=O) groups excluding carboxylic acids is 2. The molecule has 0 amide bonds.